The summed E-state index contributed by atoms with van der Waals surface area (Å²) in [7, 11) is 0. The number of aromatic nitrogens is 2. The third-order valence-corrected chi connectivity index (χ3v) is 11.3. The zero-order valence-corrected chi connectivity index (χ0v) is 23.7. The monoisotopic (exact) mass is 532 g/mol. The molecule has 4 bridgehead atoms. The first-order valence-corrected chi connectivity index (χ1v) is 16.3. The molecule has 0 amide bonds. The Morgan fingerprint density at radius 3 is 2.33 bits per heavy atom. The van der Waals surface area contributed by atoms with Crippen LogP contribution in [0.5, 0.6) is 0 Å². The van der Waals surface area contributed by atoms with Crippen LogP contribution < -0.4 is 0 Å². The van der Waals surface area contributed by atoms with Crippen molar-refractivity contribution in [1.82, 2.24) is 19.4 Å². The van der Waals surface area contributed by atoms with Crippen molar-refractivity contribution in [3.8, 4) is 0 Å². The van der Waals surface area contributed by atoms with Crippen molar-refractivity contribution >= 4 is 17.0 Å². The molecule has 7 atom stereocenters. The Morgan fingerprint density at radius 1 is 0.846 bits per heavy atom. The Hall–Kier alpha value is -1.92. The highest BCUT2D eigenvalue weighted by Gasteiger charge is 2.45. The summed E-state index contributed by atoms with van der Waals surface area (Å²) in [6.45, 7) is 2.70. The van der Waals surface area contributed by atoms with Gasteiger partial charge in [-0.3, -0.25) is 9.69 Å². The second kappa shape index (κ2) is 11.2. The third kappa shape index (κ3) is 5.40. The molecule has 6 nitrogen and oxygen atoms in total. The third-order valence-electron chi connectivity index (χ3n) is 11.3. The van der Waals surface area contributed by atoms with Gasteiger partial charge in [0.1, 0.15) is 5.82 Å². The quantitative estimate of drug-likeness (QED) is 0.454. The van der Waals surface area contributed by atoms with Crippen molar-refractivity contribution in [1.29, 1.82) is 0 Å². The van der Waals surface area contributed by atoms with Crippen molar-refractivity contribution in [2.24, 2.45) is 17.8 Å². The van der Waals surface area contributed by atoms with E-state index in [-0.39, 0.29) is 6.42 Å². The van der Waals surface area contributed by atoms with Gasteiger partial charge in [0.25, 0.3) is 0 Å². The number of aliphatic carboxylic acids is 1. The lowest BCUT2D eigenvalue weighted by atomic mass is 9.73. The first-order chi connectivity index (χ1) is 19.1. The number of piperidine rings is 2. The van der Waals surface area contributed by atoms with E-state index in [2.05, 4.69) is 38.6 Å². The minimum Gasteiger partial charge on any atom is -0.481 e. The second-order valence-electron chi connectivity index (χ2n) is 13.9. The standard InChI is InChI=1S/C33H48N4O2/c38-33(39)13-15-35-14-12-25(22-35)19-32-34-30-10-3-4-11-31(30)37(32)29-20-26-8-5-9-27(21-29)36(26)28-17-23-6-1-2-7-24(16-23)18-28/h3-4,10-11,23-29H,1-2,5-9,12-22H2,(H,38,39)/t23-,24+,25-,26-,27+,28-,29+/m0/s1. The first-order valence-electron chi connectivity index (χ1n) is 16.3. The highest BCUT2D eigenvalue weighted by atomic mass is 16.4. The molecule has 212 valence electrons. The molecule has 5 aliphatic rings. The number of likely N-dealkylation sites (tertiary alicyclic amines) is 1. The largest absolute Gasteiger partial charge is 0.481 e. The van der Waals surface area contributed by atoms with E-state index >= 15 is 0 Å². The lowest BCUT2D eigenvalue weighted by Gasteiger charge is -2.54. The normalized spacial score (nSPS) is 35.7. The van der Waals surface area contributed by atoms with Gasteiger partial charge in [0.15, 0.2) is 0 Å². The number of rotatable bonds is 7. The molecule has 1 N–H and O–H groups in total. The molecule has 5 fully saturated rings. The van der Waals surface area contributed by atoms with Gasteiger partial charge in [-0.2, -0.15) is 0 Å². The van der Waals surface area contributed by atoms with Crippen LogP contribution in [0.4, 0.5) is 0 Å². The maximum absolute atomic E-state index is 11.1. The Balaban J connectivity index is 1.11. The molecule has 2 aliphatic carbocycles. The van der Waals surface area contributed by atoms with Crippen molar-refractivity contribution in [2.45, 2.75) is 120 Å². The van der Waals surface area contributed by atoms with Crippen molar-refractivity contribution in [3.63, 3.8) is 0 Å². The molecule has 1 aromatic carbocycles. The van der Waals surface area contributed by atoms with Gasteiger partial charge in [-0.05, 0) is 87.8 Å². The van der Waals surface area contributed by atoms with Crippen LogP contribution in [0.3, 0.4) is 0 Å². The SMILES string of the molecule is O=C(O)CCN1CC[C@@H](Cc2nc3ccccc3n2[C@H]2C[C@H]3CCC[C@@H](C2)N3[C@@H]2C[C@@H]3CCCC[C@@H](C3)C2)C1. The van der Waals surface area contributed by atoms with Gasteiger partial charge < -0.3 is 14.6 Å². The van der Waals surface area contributed by atoms with Gasteiger partial charge in [0, 0.05) is 43.7 Å². The van der Waals surface area contributed by atoms with Crippen LogP contribution in [0.15, 0.2) is 24.3 Å². The number of nitrogens with zero attached hydrogens (tertiary/aromatic N) is 4. The van der Waals surface area contributed by atoms with Gasteiger partial charge in [0.05, 0.1) is 17.5 Å². The van der Waals surface area contributed by atoms with E-state index in [1.54, 1.807) is 0 Å². The molecule has 2 aromatic rings. The summed E-state index contributed by atoms with van der Waals surface area (Å²) in [5, 5.41) is 9.12. The predicted molar refractivity (Wildman–Crippen MR) is 155 cm³/mol. The minimum absolute atomic E-state index is 0.245. The summed E-state index contributed by atoms with van der Waals surface area (Å²) in [6, 6.07) is 11.7. The average molecular weight is 533 g/mol. The predicted octanol–water partition coefficient (Wildman–Crippen LogP) is 6.29. The summed E-state index contributed by atoms with van der Waals surface area (Å²) < 4.78 is 2.68. The lowest BCUT2D eigenvalue weighted by molar-refractivity contribution is -0.137. The van der Waals surface area contributed by atoms with Crippen molar-refractivity contribution < 1.29 is 9.90 Å². The molecule has 1 aromatic heterocycles. The summed E-state index contributed by atoms with van der Waals surface area (Å²) in [4.78, 5) is 21.7. The Kier molecular flexibility index (Phi) is 7.44. The highest BCUT2D eigenvalue weighted by molar-refractivity contribution is 5.76. The molecule has 2 saturated carbocycles. The molecular formula is C33H48N4O2. The summed E-state index contributed by atoms with van der Waals surface area (Å²) in [6.07, 6.45) is 19.5. The maximum Gasteiger partial charge on any atom is 0.304 e. The Bertz CT molecular complexity index is 1130. The topological polar surface area (TPSA) is 61.6 Å². The highest BCUT2D eigenvalue weighted by Crippen LogP contribution is 2.47. The molecule has 6 heteroatoms. The summed E-state index contributed by atoms with van der Waals surface area (Å²) >= 11 is 0. The van der Waals surface area contributed by atoms with Gasteiger partial charge in [-0.25, -0.2) is 4.98 Å². The van der Waals surface area contributed by atoms with Gasteiger partial charge >= 0.3 is 5.97 Å². The van der Waals surface area contributed by atoms with E-state index in [9.17, 15) is 4.79 Å². The van der Waals surface area contributed by atoms with E-state index in [0.29, 0.717) is 18.5 Å². The minimum atomic E-state index is -0.691. The fourth-order valence-electron chi connectivity index (χ4n) is 9.75. The van der Waals surface area contributed by atoms with Crippen molar-refractivity contribution in [3.05, 3.63) is 30.1 Å². The van der Waals surface area contributed by atoms with E-state index in [1.165, 1.54) is 88.4 Å². The number of carboxylic acid groups (broad SMARTS) is 1. The van der Waals surface area contributed by atoms with Crippen LogP contribution in [0, 0.1) is 17.8 Å². The zero-order valence-electron chi connectivity index (χ0n) is 23.7. The summed E-state index contributed by atoms with van der Waals surface area (Å²) in [5.41, 5.74) is 2.48. The van der Waals surface area contributed by atoms with Crippen LogP contribution in [0.25, 0.3) is 11.0 Å². The second-order valence-corrected chi connectivity index (χ2v) is 13.9. The number of fused-ring (bicyclic) bond motifs is 5. The van der Waals surface area contributed by atoms with E-state index < -0.39 is 5.97 Å². The number of hydrogen-bond donors (Lipinski definition) is 1. The smallest absolute Gasteiger partial charge is 0.304 e. The number of para-hydroxylation sites is 2. The Morgan fingerprint density at radius 2 is 1.59 bits per heavy atom. The van der Waals surface area contributed by atoms with E-state index in [1.807, 2.05) is 0 Å². The number of benzene rings is 1. The van der Waals surface area contributed by atoms with Crippen LogP contribution in [0.1, 0.15) is 102 Å². The van der Waals surface area contributed by atoms with Crippen LogP contribution in [-0.4, -0.2) is 68.2 Å². The molecule has 0 unspecified atom stereocenters. The van der Waals surface area contributed by atoms with Crippen LogP contribution in [0.2, 0.25) is 0 Å². The summed E-state index contributed by atoms with van der Waals surface area (Å²) in [5.74, 6) is 3.13. The number of imidazole rings is 1. The lowest BCUT2D eigenvalue weighted by Crippen LogP contribution is -2.58. The molecule has 4 heterocycles. The fraction of sp³-hybridized carbons (Fsp3) is 0.758. The first kappa shape index (κ1) is 26.0. The number of hydrogen-bond acceptors (Lipinski definition) is 4. The van der Waals surface area contributed by atoms with Gasteiger partial charge in [-0.1, -0.05) is 44.2 Å². The van der Waals surface area contributed by atoms with Gasteiger partial charge in [0.2, 0.25) is 0 Å². The van der Waals surface area contributed by atoms with Crippen LogP contribution >= 0.6 is 0 Å². The molecular weight excluding hydrogens is 484 g/mol. The maximum atomic E-state index is 11.1. The average Bonchev–Trinajstić information content (AvgIpc) is 3.48. The fourth-order valence-corrected chi connectivity index (χ4v) is 9.75. The van der Waals surface area contributed by atoms with E-state index in [4.69, 9.17) is 10.1 Å². The molecule has 7 rings (SSSR count). The van der Waals surface area contributed by atoms with Crippen molar-refractivity contribution in [2.75, 3.05) is 19.6 Å². The molecule has 3 saturated heterocycles. The van der Waals surface area contributed by atoms with Gasteiger partial charge in [-0.15, -0.1) is 0 Å². The molecule has 39 heavy (non-hydrogen) atoms. The number of carboxylic acids is 1. The number of carbonyl (C=O) groups is 1. The molecule has 0 radical (unpaired) electrons. The molecule has 0 spiro atoms. The van der Waals surface area contributed by atoms with E-state index in [0.717, 1.165) is 61.4 Å². The Labute approximate surface area is 234 Å². The van der Waals surface area contributed by atoms with Crippen LogP contribution in [-0.2, 0) is 11.2 Å². The zero-order chi connectivity index (χ0) is 26.3. The molecule has 3 aliphatic heterocycles.